The Hall–Kier alpha value is -1.71. The normalized spacial score (nSPS) is 15.4. The second-order valence-electron chi connectivity index (χ2n) is 4.25. The minimum Gasteiger partial charge on any atom is -0.310 e. The summed E-state index contributed by atoms with van der Waals surface area (Å²) in [4.78, 5) is 0. The molecule has 0 atom stereocenters. The maximum Gasteiger partial charge on any atom is 0.164 e. The van der Waals surface area contributed by atoms with Crippen molar-refractivity contribution in [2.45, 2.75) is 25.8 Å². The molecular formula is C12H12FN3. The molecule has 1 aromatic carbocycles. The van der Waals surface area contributed by atoms with Crippen molar-refractivity contribution in [3.63, 3.8) is 0 Å². The van der Waals surface area contributed by atoms with E-state index in [2.05, 4.69) is 10.2 Å². The number of rotatable bonds is 2. The van der Waals surface area contributed by atoms with Gasteiger partial charge in [-0.1, -0.05) is 6.07 Å². The van der Waals surface area contributed by atoms with E-state index in [0.29, 0.717) is 6.04 Å². The highest BCUT2D eigenvalue weighted by Crippen LogP contribution is 2.38. The van der Waals surface area contributed by atoms with E-state index in [-0.39, 0.29) is 5.82 Å². The first-order chi connectivity index (χ1) is 7.75. The fraction of sp³-hybridized carbons (Fsp3) is 0.333. The van der Waals surface area contributed by atoms with Gasteiger partial charge in [0.15, 0.2) is 5.82 Å². The van der Waals surface area contributed by atoms with Crippen LogP contribution in [0, 0.1) is 12.7 Å². The number of aryl methyl sites for hydroxylation is 1. The third kappa shape index (κ3) is 1.50. The van der Waals surface area contributed by atoms with E-state index in [1.165, 1.54) is 25.0 Å². The Morgan fingerprint density at radius 2 is 2.19 bits per heavy atom. The summed E-state index contributed by atoms with van der Waals surface area (Å²) in [5, 5.41) is 8.02. The van der Waals surface area contributed by atoms with Crippen molar-refractivity contribution in [1.29, 1.82) is 0 Å². The summed E-state index contributed by atoms with van der Waals surface area (Å²) >= 11 is 0. The van der Waals surface area contributed by atoms with Crippen LogP contribution in [0.3, 0.4) is 0 Å². The second kappa shape index (κ2) is 3.40. The standard InChI is InChI=1S/C12H12FN3/c1-8-2-3-9(13)6-11(8)12-15-14-7-16(12)10-4-5-10/h2-3,6-7,10H,4-5H2,1H3. The molecule has 1 heterocycles. The minimum atomic E-state index is -0.231. The Kier molecular flexibility index (Phi) is 2.02. The van der Waals surface area contributed by atoms with Crippen molar-refractivity contribution in [1.82, 2.24) is 14.8 Å². The van der Waals surface area contributed by atoms with Gasteiger partial charge in [0.25, 0.3) is 0 Å². The zero-order valence-corrected chi connectivity index (χ0v) is 9.02. The Labute approximate surface area is 92.9 Å². The smallest absolute Gasteiger partial charge is 0.164 e. The maximum atomic E-state index is 13.2. The van der Waals surface area contributed by atoms with E-state index in [1.54, 1.807) is 12.4 Å². The average molecular weight is 217 g/mol. The molecule has 0 aliphatic heterocycles. The van der Waals surface area contributed by atoms with Gasteiger partial charge in [0.2, 0.25) is 0 Å². The summed E-state index contributed by atoms with van der Waals surface area (Å²) in [6, 6.07) is 5.28. The highest BCUT2D eigenvalue weighted by Gasteiger charge is 2.27. The van der Waals surface area contributed by atoms with Gasteiger partial charge < -0.3 is 4.57 Å². The van der Waals surface area contributed by atoms with Crippen LogP contribution in [-0.2, 0) is 0 Å². The first-order valence-corrected chi connectivity index (χ1v) is 5.42. The van der Waals surface area contributed by atoms with Crippen LogP contribution in [0.25, 0.3) is 11.4 Å². The van der Waals surface area contributed by atoms with Gasteiger partial charge in [-0.2, -0.15) is 0 Å². The van der Waals surface area contributed by atoms with Crippen LogP contribution >= 0.6 is 0 Å². The third-order valence-corrected chi connectivity index (χ3v) is 2.95. The Morgan fingerprint density at radius 3 is 2.94 bits per heavy atom. The average Bonchev–Trinajstić information content (AvgIpc) is 3.01. The zero-order valence-electron chi connectivity index (χ0n) is 9.02. The van der Waals surface area contributed by atoms with Crippen molar-refractivity contribution < 1.29 is 4.39 Å². The third-order valence-electron chi connectivity index (χ3n) is 2.95. The van der Waals surface area contributed by atoms with Gasteiger partial charge in [-0.3, -0.25) is 0 Å². The van der Waals surface area contributed by atoms with Crippen molar-refractivity contribution in [2.24, 2.45) is 0 Å². The number of halogens is 1. The van der Waals surface area contributed by atoms with E-state index < -0.39 is 0 Å². The van der Waals surface area contributed by atoms with E-state index in [9.17, 15) is 4.39 Å². The highest BCUT2D eigenvalue weighted by atomic mass is 19.1. The van der Waals surface area contributed by atoms with E-state index >= 15 is 0 Å². The molecule has 0 bridgehead atoms. The number of hydrogen-bond donors (Lipinski definition) is 0. The molecule has 1 aliphatic rings. The maximum absolute atomic E-state index is 13.2. The predicted molar refractivity (Wildman–Crippen MR) is 58.4 cm³/mol. The van der Waals surface area contributed by atoms with Gasteiger partial charge >= 0.3 is 0 Å². The molecule has 2 aromatic rings. The first kappa shape index (κ1) is 9.51. The predicted octanol–water partition coefficient (Wildman–Crippen LogP) is 2.73. The van der Waals surface area contributed by atoms with Gasteiger partial charge in [-0.15, -0.1) is 10.2 Å². The lowest BCUT2D eigenvalue weighted by Gasteiger charge is -2.07. The van der Waals surface area contributed by atoms with Crippen LogP contribution < -0.4 is 0 Å². The van der Waals surface area contributed by atoms with Gasteiger partial charge in [-0.05, 0) is 37.5 Å². The molecule has 1 aliphatic carbocycles. The molecule has 82 valence electrons. The van der Waals surface area contributed by atoms with Gasteiger partial charge in [0.05, 0.1) is 0 Å². The van der Waals surface area contributed by atoms with Gasteiger partial charge in [-0.25, -0.2) is 4.39 Å². The van der Waals surface area contributed by atoms with Crippen LogP contribution in [0.2, 0.25) is 0 Å². The largest absolute Gasteiger partial charge is 0.310 e. The number of hydrogen-bond acceptors (Lipinski definition) is 2. The molecule has 1 fully saturated rings. The second-order valence-corrected chi connectivity index (χ2v) is 4.25. The minimum absolute atomic E-state index is 0.231. The van der Waals surface area contributed by atoms with E-state index in [4.69, 9.17) is 0 Å². The molecule has 16 heavy (non-hydrogen) atoms. The lowest BCUT2D eigenvalue weighted by Crippen LogP contribution is -1.97. The molecule has 0 spiro atoms. The lowest BCUT2D eigenvalue weighted by molar-refractivity contribution is 0.627. The van der Waals surface area contributed by atoms with Crippen molar-refractivity contribution in [2.75, 3.05) is 0 Å². The summed E-state index contributed by atoms with van der Waals surface area (Å²) < 4.78 is 15.3. The summed E-state index contributed by atoms with van der Waals surface area (Å²) in [7, 11) is 0. The van der Waals surface area contributed by atoms with Crippen LogP contribution in [0.4, 0.5) is 4.39 Å². The van der Waals surface area contributed by atoms with Crippen LogP contribution in [0.15, 0.2) is 24.5 Å². The van der Waals surface area contributed by atoms with E-state index in [1.807, 2.05) is 11.5 Å². The van der Waals surface area contributed by atoms with Gasteiger partial charge in [0.1, 0.15) is 12.1 Å². The van der Waals surface area contributed by atoms with Crippen LogP contribution in [0.1, 0.15) is 24.4 Å². The fourth-order valence-corrected chi connectivity index (χ4v) is 1.89. The molecule has 3 rings (SSSR count). The summed E-state index contributed by atoms with van der Waals surface area (Å²) in [6.07, 6.45) is 4.07. The molecule has 1 aromatic heterocycles. The summed E-state index contributed by atoms with van der Waals surface area (Å²) in [5.41, 5.74) is 1.86. The molecule has 0 saturated heterocycles. The van der Waals surface area contributed by atoms with Crippen molar-refractivity contribution >= 4 is 0 Å². The zero-order chi connectivity index (χ0) is 11.1. The summed E-state index contributed by atoms with van der Waals surface area (Å²) in [6.45, 7) is 1.96. The monoisotopic (exact) mass is 217 g/mol. The molecule has 0 N–H and O–H groups in total. The Bertz CT molecular complexity index is 529. The number of aromatic nitrogens is 3. The lowest BCUT2D eigenvalue weighted by atomic mass is 10.1. The Balaban J connectivity index is 2.13. The first-order valence-electron chi connectivity index (χ1n) is 5.42. The SMILES string of the molecule is Cc1ccc(F)cc1-c1nncn1C1CC1. The van der Waals surface area contributed by atoms with Crippen molar-refractivity contribution in [3.05, 3.63) is 35.9 Å². The molecule has 3 nitrogen and oxygen atoms in total. The molecule has 0 radical (unpaired) electrons. The molecule has 1 saturated carbocycles. The number of benzene rings is 1. The molecule has 0 amide bonds. The molecule has 0 unspecified atom stereocenters. The molecular weight excluding hydrogens is 205 g/mol. The topological polar surface area (TPSA) is 30.7 Å². The molecule has 4 heteroatoms. The van der Waals surface area contributed by atoms with Crippen molar-refractivity contribution in [3.8, 4) is 11.4 Å². The Morgan fingerprint density at radius 1 is 1.38 bits per heavy atom. The quantitative estimate of drug-likeness (QED) is 0.774. The van der Waals surface area contributed by atoms with Crippen LogP contribution in [-0.4, -0.2) is 14.8 Å². The number of nitrogens with zero attached hydrogens (tertiary/aromatic N) is 3. The van der Waals surface area contributed by atoms with Crippen LogP contribution in [0.5, 0.6) is 0 Å². The van der Waals surface area contributed by atoms with E-state index in [0.717, 1.165) is 17.0 Å². The van der Waals surface area contributed by atoms with Gasteiger partial charge in [0, 0.05) is 11.6 Å². The highest BCUT2D eigenvalue weighted by molar-refractivity contribution is 5.60. The summed E-state index contributed by atoms with van der Waals surface area (Å²) in [5.74, 6) is 0.547. The fourth-order valence-electron chi connectivity index (χ4n) is 1.89.